The van der Waals surface area contributed by atoms with Crippen LogP contribution in [0.2, 0.25) is 0 Å². The van der Waals surface area contributed by atoms with Gasteiger partial charge in [-0.1, -0.05) is 19.8 Å². The first kappa shape index (κ1) is 14.3. The first-order chi connectivity index (χ1) is 8.90. The molecular weight excluding hydrogens is 224 g/mol. The zero-order valence-corrected chi connectivity index (χ0v) is 12.0. The lowest BCUT2D eigenvalue weighted by atomic mass is 10.1. The van der Waals surface area contributed by atoms with E-state index in [0.29, 0.717) is 6.04 Å². The highest BCUT2D eigenvalue weighted by molar-refractivity contribution is 4.76. The predicted molar refractivity (Wildman–Crippen MR) is 76.0 cm³/mol. The van der Waals surface area contributed by atoms with Gasteiger partial charge in [0.25, 0.3) is 0 Å². The molecule has 0 bridgehead atoms. The summed E-state index contributed by atoms with van der Waals surface area (Å²) < 4.78 is 5.40. The predicted octanol–water partition coefficient (Wildman–Crippen LogP) is 2.41. The molecule has 2 rings (SSSR count). The Labute approximate surface area is 112 Å². The van der Waals surface area contributed by atoms with Crippen molar-refractivity contribution in [2.75, 3.05) is 32.8 Å². The fourth-order valence-electron chi connectivity index (χ4n) is 3.31. The van der Waals surface area contributed by atoms with Crippen LogP contribution in [0.4, 0.5) is 0 Å². The average molecular weight is 254 g/mol. The maximum absolute atomic E-state index is 5.40. The molecule has 2 saturated heterocycles. The van der Waals surface area contributed by atoms with E-state index in [9.17, 15) is 0 Å². The molecule has 2 aliphatic heterocycles. The van der Waals surface area contributed by atoms with Gasteiger partial charge in [-0.05, 0) is 38.6 Å². The van der Waals surface area contributed by atoms with Gasteiger partial charge < -0.3 is 10.1 Å². The molecule has 106 valence electrons. The Kier molecular flexibility index (Phi) is 6.46. The van der Waals surface area contributed by atoms with Crippen molar-refractivity contribution in [3.8, 4) is 0 Å². The molecule has 1 atom stereocenters. The van der Waals surface area contributed by atoms with E-state index in [1.165, 1.54) is 58.0 Å². The summed E-state index contributed by atoms with van der Waals surface area (Å²) in [5, 5.41) is 3.71. The lowest BCUT2D eigenvalue weighted by molar-refractivity contribution is 0.0765. The van der Waals surface area contributed by atoms with Crippen LogP contribution in [0.15, 0.2) is 0 Å². The van der Waals surface area contributed by atoms with Crippen molar-refractivity contribution < 1.29 is 4.74 Å². The number of nitrogens with one attached hydrogen (secondary N) is 1. The molecule has 3 heteroatoms. The third-order valence-corrected chi connectivity index (χ3v) is 4.52. The summed E-state index contributed by atoms with van der Waals surface area (Å²) in [6.07, 6.45) is 9.37. The number of nitrogens with zero attached hydrogens (tertiary/aromatic N) is 1. The van der Waals surface area contributed by atoms with E-state index < -0.39 is 0 Å². The van der Waals surface area contributed by atoms with Crippen LogP contribution in [0.5, 0.6) is 0 Å². The van der Waals surface area contributed by atoms with Crippen molar-refractivity contribution in [1.82, 2.24) is 10.2 Å². The molecule has 1 unspecified atom stereocenters. The summed E-state index contributed by atoms with van der Waals surface area (Å²) in [5.41, 5.74) is 0. The van der Waals surface area contributed by atoms with E-state index in [0.717, 1.165) is 25.8 Å². The Morgan fingerprint density at radius 1 is 1.11 bits per heavy atom. The molecule has 0 aromatic heterocycles. The molecule has 0 aromatic carbocycles. The van der Waals surface area contributed by atoms with Gasteiger partial charge in [-0.2, -0.15) is 0 Å². The van der Waals surface area contributed by atoms with Crippen LogP contribution in [0.25, 0.3) is 0 Å². The van der Waals surface area contributed by atoms with Crippen molar-refractivity contribution >= 4 is 0 Å². The van der Waals surface area contributed by atoms with Gasteiger partial charge in [0.2, 0.25) is 0 Å². The van der Waals surface area contributed by atoms with Gasteiger partial charge in [0.15, 0.2) is 0 Å². The summed E-state index contributed by atoms with van der Waals surface area (Å²) in [5.74, 6) is 0. The summed E-state index contributed by atoms with van der Waals surface area (Å²) in [6.45, 7) is 7.93. The van der Waals surface area contributed by atoms with Crippen LogP contribution in [0.1, 0.15) is 51.9 Å². The van der Waals surface area contributed by atoms with Gasteiger partial charge in [0.1, 0.15) is 0 Å². The molecule has 0 saturated carbocycles. The molecule has 0 spiro atoms. The minimum atomic E-state index is 0.700. The molecule has 0 radical (unpaired) electrons. The number of ether oxygens (including phenoxy) is 1. The summed E-state index contributed by atoms with van der Waals surface area (Å²) >= 11 is 0. The van der Waals surface area contributed by atoms with E-state index in [1.807, 2.05) is 0 Å². The third kappa shape index (κ3) is 4.52. The molecule has 3 nitrogen and oxygen atoms in total. The van der Waals surface area contributed by atoms with Crippen LogP contribution in [0, 0.1) is 0 Å². The van der Waals surface area contributed by atoms with Gasteiger partial charge in [-0.3, -0.25) is 4.90 Å². The monoisotopic (exact) mass is 254 g/mol. The smallest absolute Gasteiger partial charge is 0.0480 e. The molecular formula is C15H30N2O. The third-order valence-electron chi connectivity index (χ3n) is 4.52. The van der Waals surface area contributed by atoms with Crippen molar-refractivity contribution in [2.24, 2.45) is 0 Å². The van der Waals surface area contributed by atoms with Crippen LogP contribution in [0.3, 0.4) is 0 Å². The van der Waals surface area contributed by atoms with E-state index in [-0.39, 0.29) is 0 Å². The topological polar surface area (TPSA) is 24.5 Å². The zero-order chi connectivity index (χ0) is 12.6. The molecule has 2 heterocycles. The van der Waals surface area contributed by atoms with E-state index >= 15 is 0 Å². The number of likely N-dealkylation sites (tertiary alicyclic amines) is 1. The maximum Gasteiger partial charge on any atom is 0.0480 e. The largest absolute Gasteiger partial charge is 0.381 e. The second-order valence-electron chi connectivity index (χ2n) is 5.79. The molecule has 2 fully saturated rings. The summed E-state index contributed by atoms with van der Waals surface area (Å²) in [7, 11) is 0. The lowest BCUT2D eigenvalue weighted by Gasteiger charge is -2.30. The van der Waals surface area contributed by atoms with Gasteiger partial charge in [0.05, 0.1) is 0 Å². The van der Waals surface area contributed by atoms with Crippen LogP contribution in [-0.4, -0.2) is 49.8 Å². The molecule has 0 aromatic rings. The Balaban J connectivity index is 1.66. The normalized spacial score (nSPS) is 28.2. The first-order valence-electron chi connectivity index (χ1n) is 7.95. The number of rotatable bonds is 5. The van der Waals surface area contributed by atoms with Crippen LogP contribution < -0.4 is 5.32 Å². The average Bonchev–Trinajstić information content (AvgIpc) is 2.65. The highest BCUT2D eigenvalue weighted by Crippen LogP contribution is 2.18. The van der Waals surface area contributed by atoms with Crippen molar-refractivity contribution in [2.45, 2.75) is 64.0 Å². The molecule has 18 heavy (non-hydrogen) atoms. The van der Waals surface area contributed by atoms with Crippen molar-refractivity contribution in [1.29, 1.82) is 0 Å². The van der Waals surface area contributed by atoms with Crippen LogP contribution in [-0.2, 0) is 4.74 Å². The SMILES string of the molecule is CCC1CCCCCN1CCNC1CCOCC1. The van der Waals surface area contributed by atoms with Crippen molar-refractivity contribution in [3.05, 3.63) is 0 Å². The minimum absolute atomic E-state index is 0.700. The van der Waals surface area contributed by atoms with E-state index in [2.05, 4.69) is 17.1 Å². The minimum Gasteiger partial charge on any atom is -0.381 e. The molecule has 1 N–H and O–H groups in total. The van der Waals surface area contributed by atoms with Crippen LogP contribution >= 0.6 is 0 Å². The molecule has 0 aliphatic carbocycles. The Bertz CT molecular complexity index is 217. The maximum atomic E-state index is 5.40. The summed E-state index contributed by atoms with van der Waals surface area (Å²) in [4.78, 5) is 2.72. The number of hydrogen-bond donors (Lipinski definition) is 1. The fraction of sp³-hybridized carbons (Fsp3) is 1.00. The van der Waals surface area contributed by atoms with Gasteiger partial charge in [0, 0.05) is 38.4 Å². The Hall–Kier alpha value is -0.120. The van der Waals surface area contributed by atoms with Gasteiger partial charge >= 0.3 is 0 Å². The van der Waals surface area contributed by atoms with Crippen molar-refractivity contribution in [3.63, 3.8) is 0 Å². The Morgan fingerprint density at radius 2 is 1.94 bits per heavy atom. The lowest BCUT2D eigenvalue weighted by Crippen LogP contribution is -2.43. The quantitative estimate of drug-likeness (QED) is 0.815. The summed E-state index contributed by atoms with van der Waals surface area (Å²) in [6, 6.07) is 1.54. The van der Waals surface area contributed by atoms with Gasteiger partial charge in [-0.15, -0.1) is 0 Å². The van der Waals surface area contributed by atoms with E-state index in [4.69, 9.17) is 4.74 Å². The first-order valence-corrected chi connectivity index (χ1v) is 7.95. The number of hydrogen-bond acceptors (Lipinski definition) is 3. The Morgan fingerprint density at radius 3 is 2.72 bits per heavy atom. The highest BCUT2D eigenvalue weighted by atomic mass is 16.5. The highest BCUT2D eigenvalue weighted by Gasteiger charge is 2.19. The second kappa shape index (κ2) is 8.13. The molecule has 0 amide bonds. The van der Waals surface area contributed by atoms with E-state index in [1.54, 1.807) is 0 Å². The standard InChI is InChI=1S/C15H30N2O/c1-2-15-6-4-3-5-10-17(15)11-9-16-14-7-12-18-13-8-14/h14-16H,2-13H2,1H3. The zero-order valence-electron chi connectivity index (χ0n) is 12.0. The van der Waals surface area contributed by atoms with Gasteiger partial charge in [-0.25, -0.2) is 0 Å². The molecule has 2 aliphatic rings. The second-order valence-corrected chi connectivity index (χ2v) is 5.79. The fourth-order valence-corrected chi connectivity index (χ4v) is 3.31.